The minimum absolute atomic E-state index is 0.0967. The summed E-state index contributed by atoms with van der Waals surface area (Å²) < 4.78 is 31.8. The molecule has 2 unspecified atom stereocenters. The zero-order valence-corrected chi connectivity index (χ0v) is 19.3. The van der Waals surface area contributed by atoms with Crippen molar-refractivity contribution >= 4 is 27.5 Å². The Kier molecular flexibility index (Phi) is 8.02. The summed E-state index contributed by atoms with van der Waals surface area (Å²) in [5.41, 5.74) is 2.88. The van der Waals surface area contributed by atoms with Gasteiger partial charge in [0.15, 0.2) is 0 Å². The molecule has 1 aromatic rings. The van der Waals surface area contributed by atoms with Gasteiger partial charge in [0, 0.05) is 31.6 Å². The van der Waals surface area contributed by atoms with Crippen LogP contribution in [-0.4, -0.2) is 62.8 Å². The molecular weight excluding hydrogens is 420 g/mol. The first kappa shape index (κ1) is 24.6. The summed E-state index contributed by atoms with van der Waals surface area (Å²) in [6.07, 6.45) is 4.75. The number of hydrogen-bond acceptors (Lipinski definition) is 5. The molecule has 0 saturated heterocycles. The molecule has 9 heteroatoms. The first-order valence-electron chi connectivity index (χ1n) is 10.00. The van der Waals surface area contributed by atoms with Gasteiger partial charge in [0.2, 0.25) is 15.9 Å². The SMILES string of the molecule is CCN(CC1=CC(NS(C)(=O)=O)C(C)C=C1c1cc(CC(=O)O)ccc1OC)C(C)=O. The van der Waals surface area contributed by atoms with E-state index in [9.17, 15) is 23.1 Å². The Labute approximate surface area is 183 Å². The summed E-state index contributed by atoms with van der Waals surface area (Å²) in [6, 6.07) is 4.73. The Morgan fingerprint density at radius 1 is 1.26 bits per heavy atom. The van der Waals surface area contributed by atoms with Crippen LogP contribution in [0.4, 0.5) is 0 Å². The van der Waals surface area contributed by atoms with Crippen molar-refractivity contribution in [2.24, 2.45) is 5.92 Å². The molecule has 0 bridgehead atoms. The van der Waals surface area contributed by atoms with Crippen LogP contribution < -0.4 is 9.46 Å². The van der Waals surface area contributed by atoms with Gasteiger partial charge in [0.25, 0.3) is 0 Å². The molecule has 2 atom stereocenters. The van der Waals surface area contributed by atoms with Crippen LogP contribution in [0.3, 0.4) is 0 Å². The summed E-state index contributed by atoms with van der Waals surface area (Å²) in [5, 5.41) is 9.18. The summed E-state index contributed by atoms with van der Waals surface area (Å²) >= 11 is 0. The minimum Gasteiger partial charge on any atom is -0.496 e. The second-order valence-corrected chi connectivity index (χ2v) is 9.47. The lowest BCUT2D eigenvalue weighted by Gasteiger charge is -2.31. The Morgan fingerprint density at radius 3 is 2.45 bits per heavy atom. The van der Waals surface area contributed by atoms with Crippen molar-refractivity contribution in [2.45, 2.75) is 33.2 Å². The van der Waals surface area contributed by atoms with Crippen LogP contribution >= 0.6 is 0 Å². The molecule has 2 rings (SSSR count). The number of aliphatic carboxylic acids is 1. The monoisotopic (exact) mass is 450 g/mol. The fourth-order valence-electron chi connectivity index (χ4n) is 3.62. The highest BCUT2D eigenvalue weighted by molar-refractivity contribution is 7.88. The van der Waals surface area contributed by atoms with Gasteiger partial charge in [-0.05, 0) is 41.7 Å². The maximum Gasteiger partial charge on any atom is 0.307 e. The normalized spacial score (nSPS) is 18.7. The predicted octanol–water partition coefficient (Wildman–Crippen LogP) is 2.07. The fraction of sp³-hybridized carbons (Fsp3) is 0.455. The van der Waals surface area contributed by atoms with Crippen molar-refractivity contribution in [2.75, 3.05) is 26.5 Å². The number of amides is 1. The fourth-order valence-corrected chi connectivity index (χ4v) is 4.40. The summed E-state index contributed by atoms with van der Waals surface area (Å²) in [7, 11) is -1.90. The lowest BCUT2D eigenvalue weighted by molar-refractivity contribution is -0.136. The van der Waals surface area contributed by atoms with Crippen molar-refractivity contribution < 1.29 is 27.9 Å². The van der Waals surface area contributed by atoms with E-state index in [0.717, 1.165) is 17.4 Å². The van der Waals surface area contributed by atoms with E-state index >= 15 is 0 Å². The number of methoxy groups -OCH3 is 1. The molecule has 0 aromatic heterocycles. The third-order valence-corrected chi connectivity index (χ3v) is 5.87. The van der Waals surface area contributed by atoms with E-state index in [-0.39, 0.29) is 18.2 Å². The number of rotatable bonds is 9. The molecule has 0 heterocycles. The lowest BCUT2D eigenvalue weighted by atomic mass is 9.83. The molecule has 1 aliphatic rings. The highest BCUT2D eigenvalue weighted by Crippen LogP contribution is 2.37. The molecule has 0 aliphatic heterocycles. The smallest absolute Gasteiger partial charge is 0.307 e. The quantitative estimate of drug-likeness (QED) is 0.596. The van der Waals surface area contributed by atoms with Crippen LogP contribution in [0.5, 0.6) is 5.75 Å². The van der Waals surface area contributed by atoms with Gasteiger partial charge >= 0.3 is 5.97 Å². The molecule has 170 valence electrons. The Balaban J connectivity index is 2.59. The van der Waals surface area contributed by atoms with Crippen LogP contribution in [-0.2, 0) is 26.0 Å². The molecule has 8 nitrogen and oxygen atoms in total. The van der Waals surface area contributed by atoms with Crippen molar-refractivity contribution in [3.05, 3.63) is 47.1 Å². The van der Waals surface area contributed by atoms with Gasteiger partial charge in [-0.2, -0.15) is 0 Å². The standard InChI is InChI=1S/C22H30N2O6S/c1-6-24(15(3)25)13-17-12-20(23-31(5,28)29)14(2)9-18(17)19-10-16(11-22(26)27)7-8-21(19)30-4/h7-10,12,14,20,23H,6,11,13H2,1-5H3,(H,26,27). The summed E-state index contributed by atoms with van der Waals surface area (Å²) in [5.74, 6) is -0.641. The van der Waals surface area contributed by atoms with Crippen molar-refractivity contribution in [1.29, 1.82) is 0 Å². The highest BCUT2D eigenvalue weighted by Gasteiger charge is 2.27. The molecule has 2 N–H and O–H groups in total. The summed E-state index contributed by atoms with van der Waals surface area (Å²) in [6.45, 7) is 6.04. The van der Waals surface area contributed by atoms with Gasteiger partial charge in [-0.1, -0.05) is 25.1 Å². The molecule has 31 heavy (non-hydrogen) atoms. The lowest BCUT2D eigenvalue weighted by Crippen LogP contribution is -2.39. The molecule has 1 aromatic carbocycles. The molecule has 1 amide bonds. The van der Waals surface area contributed by atoms with Gasteiger partial charge in [-0.3, -0.25) is 9.59 Å². The van der Waals surface area contributed by atoms with Gasteiger partial charge in [0.05, 0.1) is 19.8 Å². The number of hydrogen-bond donors (Lipinski definition) is 2. The number of carbonyl (C=O) groups is 2. The number of benzene rings is 1. The molecule has 0 fully saturated rings. The summed E-state index contributed by atoms with van der Waals surface area (Å²) in [4.78, 5) is 24.9. The van der Waals surface area contributed by atoms with E-state index in [1.165, 1.54) is 14.0 Å². The third-order valence-electron chi connectivity index (χ3n) is 5.17. The van der Waals surface area contributed by atoms with Gasteiger partial charge < -0.3 is 14.7 Å². The molecular formula is C22H30N2O6S. The zero-order valence-electron chi connectivity index (χ0n) is 18.5. The number of nitrogens with one attached hydrogen (secondary N) is 1. The van der Waals surface area contributed by atoms with E-state index in [2.05, 4.69) is 4.72 Å². The number of carboxylic acids is 1. The van der Waals surface area contributed by atoms with E-state index in [0.29, 0.717) is 30.0 Å². The third kappa shape index (κ3) is 6.67. The van der Waals surface area contributed by atoms with Crippen molar-refractivity contribution in [3.8, 4) is 5.75 Å². The highest BCUT2D eigenvalue weighted by atomic mass is 32.2. The second-order valence-electron chi connectivity index (χ2n) is 7.69. The molecule has 0 spiro atoms. The van der Waals surface area contributed by atoms with Gasteiger partial charge in [-0.25, -0.2) is 13.1 Å². The first-order valence-corrected chi connectivity index (χ1v) is 11.9. The van der Waals surface area contributed by atoms with Crippen LogP contribution in [0.25, 0.3) is 5.57 Å². The van der Waals surface area contributed by atoms with Gasteiger partial charge in [0.1, 0.15) is 5.75 Å². The van der Waals surface area contributed by atoms with E-state index in [1.807, 2.05) is 26.0 Å². The van der Waals surface area contributed by atoms with Crippen LogP contribution in [0.2, 0.25) is 0 Å². The Bertz CT molecular complexity index is 1010. The largest absolute Gasteiger partial charge is 0.496 e. The number of sulfonamides is 1. The van der Waals surface area contributed by atoms with Crippen molar-refractivity contribution in [3.63, 3.8) is 0 Å². The minimum atomic E-state index is -3.44. The maximum absolute atomic E-state index is 12.0. The van der Waals surface area contributed by atoms with E-state index in [4.69, 9.17) is 4.74 Å². The average Bonchev–Trinajstić information content (AvgIpc) is 2.66. The average molecular weight is 451 g/mol. The zero-order chi connectivity index (χ0) is 23.3. The first-order chi connectivity index (χ1) is 14.4. The predicted molar refractivity (Wildman–Crippen MR) is 119 cm³/mol. The van der Waals surface area contributed by atoms with Crippen molar-refractivity contribution in [1.82, 2.24) is 9.62 Å². The number of likely N-dealkylation sites (N-methyl/N-ethyl adjacent to an activating group) is 1. The molecule has 0 saturated carbocycles. The second kappa shape index (κ2) is 10.1. The molecule has 0 radical (unpaired) electrons. The van der Waals surface area contributed by atoms with Crippen LogP contribution in [0.1, 0.15) is 31.9 Å². The number of ether oxygens (including phenoxy) is 1. The van der Waals surface area contributed by atoms with Gasteiger partial charge in [-0.15, -0.1) is 0 Å². The van der Waals surface area contributed by atoms with E-state index in [1.54, 1.807) is 23.1 Å². The van der Waals surface area contributed by atoms with Crippen LogP contribution in [0, 0.1) is 5.92 Å². The Hall–Kier alpha value is -2.65. The molecule has 1 aliphatic carbocycles. The topological polar surface area (TPSA) is 113 Å². The number of nitrogens with zero attached hydrogens (tertiary/aromatic N) is 1. The van der Waals surface area contributed by atoms with E-state index < -0.39 is 22.0 Å². The number of carboxylic acid groups (broad SMARTS) is 1. The maximum atomic E-state index is 12.0. The van der Waals surface area contributed by atoms with Crippen LogP contribution in [0.15, 0.2) is 35.9 Å². The Morgan fingerprint density at radius 2 is 1.94 bits per heavy atom. The number of carbonyl (C=O) groups excluding carboxylic acids is 1.